The molecule has 1 aromatic heterocycles. The second kappa shape index (κ2) is 7.39. The van der Waals surface area contributed by atoms with Crippen molar-refractivity contribution in [1.29, 1.82) is 0 Å². The first-order chi connectivity index (χ1) is 11.3. The van der Waals surface area contributed by atoms with E-state index < -0.39 is 18.7 Å². The maximum Gasteiger partial charge on any atom is 0.422 e. The number of hydrogen-bond acceptors (Lipinski definition) is 4. The van der Waals surface area contributed by atoms with Crippen molar-refractivity contribution in [3.8, 4) is 11.6 Å². The molecule has 0 atom stereocenters. The second-order valence-electron chi connectivity index (χ2n) is 4.59. The first kappa shape index (κ1) is 17.9. The molecule has 0 unspecified atom stereocenters. The highest BCUT2D eigenvalue weighted by atomic mass is 35.5. The van der Waals surface area contributed by atoms with Crippen molar-refractivity contribution < 1.29 is 27.4 Å². The van der Waals surface area contributed by atoms with Crippen LogP contribution in [0.15, 0.2) is 36.5 Å². The molecular formula is C15H12ClF3N2O3. The number of carbonyl (C=O) groups is 1. The standard InChI is InChI=1S/C15H12ClF3N2O3/c1-23-12-4-3-10(6-11(12)16)21-14(22)9-2-5-13(20-7-9)24-8-15(17,18)19/h2-7H,8H2,1H3,(H,21,22). The van der Waals surface area contributed by atoms with Crippen LogP contribution in [0.3, 0.4) is 0 Å². The second-order valence-corrected chi connectivity index (χ2v) is 5.00. The summed E-state index contributed by atoms with van der Waals surface area (Å²) in [7, 11) is 1.47. The lowest BCUT2D eigenvalue weighted by molar-refractivity contribution is -0.154. The average Bonchev–Trinajstić information content (AvgIpc) is 2.53. The molecule has 0 aliphatic rings. The van der Waals surface area contributed by atoms with Crippen LogP contribution in [0.1, 0.15) is 10.4 Å². The smallest absolute Gasteiger partial charge is 0.422 e. The molecule has 9 heteroatoms. The van der Waals surface area contributed by atoms with E-state index in [1.54, 1.807) is 12.1 Å². The number of hydrogen-bond donors (Lipinski definition) is 1. The summed E-state index contributed by atoms with van der Waals surface area (Å²) < 4.78 is 45.6. The molecule has 0 bridgehead atoms. The maximum absolute atomic E-state index is 12.1. The van der Waals surface area contributed by atoms with Gasteiger partial charge in [-0.25, -0.2) is 4.98 Å². The molecule has 24 heavy (non-hydrogen) atoms. The van der Waals surface area contributed by atoms with E-state index in [9.17, 15) is 18.0 Å². The van der Waals surface area contributed by atoms with Crippen LogP contribution in [0.4, 0.5) is 18.9 Å². The van der Waals surface area contributed by atoms with Gasteiger partial charge in [0.15, 0.2) is 6.61 Å². The Morgan fingerprint density at radius 3 is 2.58 bits per heavy atom. The number of nitrogens with one attached hydrogen (secondary N) is 1. The van der Waals surface area contributed by atoms with E-state index in [0.717, 1.165) is 6.20 Å². The SMILES string of the molecule is COc1ccc(NC(=O)c2ccc(OCC(F)(F)F)nc2)cc1Cl. The Hall–Kier alpha value is -2.48. The largest absolute Gasteiger partial charge is 0.495 e. The molecule has 1 aromatic carbocycles. The third-order valence-electron chi connectivity index (χ3n) is 2.79. The number of methoxy groups -OCH3 is 1. The van der Waals surface area contributed by atoms with Gasteiger partial charge in [0.2, 0.25) is 5.88 Å². The molecule has 0 aliphatic carbocycles. The van der Waals surface area contributed by atoms with E-state index in [2.05, 4.69) is 15.0 Å². The first-order valence-electron chi connectivity index (χ1n) is 6.59. The van der Waals surface area contributed by atoms with Gasteiger partial charge in [-0.3, -0.25) is 4.79 Å². The van der Waals surface area contributed by atoms with Gasteiger partial charge in [0.25, 0.3) is 5.91 Å². The van der Waals surface area contributed by atoms with E-state index in [-0.39, 0.29) is 11.4 Å². The zero-order valence-corrected chi connectivity index (χ0v) is 13.1. The number of anilines is 1. The lowest BCUT2D eigenvalue weighted by Gasteiger charge is -2.09. The van der Waals surface area contributed by atoms with Gasteiger partial charge in [-0.15, -0.1) is 0 Å². The van der Waals surface area contributed by atoms with Crippen molar-refractivity contribution in [1.82, 2.24) is 4.98 Å². The number of nitrogens with zero attached hydrogens (tertiary/aromatic N) is 1. The highest BCUT2D eigenvalue weighted by Gasteiger charge is 2.28. The van der Waals surface area contributed by atoms with E-state index in [1.807, 2.05) is 0 Å². The van der Waals surface area contributed by atoms with Gasteiger partial charge in [-0.1, -0.05) is 11.6 Å². The monoisotopic (exact) mass is 360 g/mol. The number of benzene rings is 1. The summed E-state index contributed by atoms with van der Waals surface area (Å²) in [6, 6.07) is 7.18. The Morgan fingerprint density at radius 1 is 1.29 bits per heavy atom. The van der Waals surface area contributed by atoms with Crippen LogP contribution in [0.5, 0.6) is 11.6 Å². The van der Waals surface area contributed by atoms with Gasteiger partial charge in [-0.2, -0.15) is 13.2 Å². The molecule has 1 amide bonds. The van der Waals surface area contributed by atoms with Crippen LogP contribution < -0.4 is 14.8 Å². The van der Waals surface area contributed by atoms with Crippen LogP contribution in [0.25, 0.3) is 0 Å². The number of halogens is 4. The number of ether oxygens (including phenoxy) is 2. The summed E-state index contributed by atoms with van der Waals surface area (Å²) in [5, 5.41) is 2.91. The molecule has 0 saturated heterocycles. The van der Waals surface area contributed by atoms with E-state index in [1.165, 1.54) is 25.3 Å². The molecular weight excluding hydrogens is 349 g/mol. The normalized spacial score (nSPS) is 11.0. The van der Waals surface area contributed by atoms with Crippen molar-refractivity contribution in [3.05, 3.63) is 47.1 Å². The Balaban J connectivity index is 2.01. The minimum atomic E-state index is -4.45. The molecule has 5 nitrogen and oxygen atoms in total. The van der Waals surface area contributed by atoms with Crippen molar-refractivity contribution in [2.45, 2.75) is 6.18 Å². The highest BCUT2D eigenvalue weighted by molar-refractivity contribution is 6.32. The van der Waals surface area contributed by atoms with Gasteiger partial charge in [-0.05, 0) is 24.3 Å². The van der Waals surface area contributed by atoms with Gasteiger partial charge in [0, 0.05) is 18.0 Å². The topological polar surface area (TPSA) is 60.5 Å². The van der Waals surface area contributed by atoms with Crippen LogP contribution in [-0.2, 0) is 0 Å². The first-order valence-corrected chi connectivity index (χ1v) is 6.97. The molecule has 0 saturated carbocycles. The van der Waals surface area contributed by atoms with Crippen LogP contribution >= 0.6 is 11.6 Å². The predicted molar refractivity (Wildman–Crippen MR) is 81.7 cm³/mol. The van der Waals surface area contributed by atoms with E-state index in [4.69, 9.17) is 16.3 Å². The number of alkyl halides is 3. The zero-order valence-electron chi connectivity index (χ0n) is 12.4. The lowest BCUT2D eigenvalue weighted by Crippen LogP contribution is -2.19. The minimum Gasteiger partial charge on any atom is -0.495 e. The molecule has 1 N–H and O–H groups in total. The summed E-state index contributed by atoms with van der Waals surface area (Å²) in [5.41, 5.74) is 0.587. The Kier molecular flexibility index (Phi) is 5.50. The predicted octanol–water partition coefficient (Wildman–Crippen LogP) is 3.94. The third kappa shape index (κ3) is 5.02. The quantitative estimate of drug-likeness (QED) is 0.877. The van der Waals surface area contributed by atoms with Crippen LogP contribution in [-0.4, -0.2) is 30.8 Å². The fourth-order valence-corrected chi connectivity index (χ4v) is 1.96. The van der Waals surface area contributed by atoms with Crippen molar-refractivity contribution in [2.24, 2.45) is 0 Å². The van der Waals surface area contributed by atoms with E-state index >= 15 is 0 Å². The molecule has 2 aromatic rings. The van der Waals surface area contributed by atoms with Crippen molar-refractivity contribution in [3.63, 3.8) is 0 Å². The number of carbonyl (C=O) groups excluding carboxylic acids is 1. The average molecular weight is 361 g/mol. The molecule has 2 rings (SSSR count). The molecule has 0 radical (unpaired) electrons. The fourth-order valence-electron chi connectivity index (χ4n) is 1.70. The van der Waals surface area contributed by atoms with Gasteiger partial charge >= 0.3 is 6.18 Å². The molecule has 0 aliphatic heterocycles. The van der Waals surface area contributed by atoms with Crippen LogP contribution in [0.2, 0.25) is 5.02 Å². The summed E-state index contributed by atoms with van der Waals surface area (Å²) in [5.74, 6) is -0.259. The molecule has 0 fully saturated rings. The number of rotatable bonds is 5. The summed E-state index contributed by atoms with van der Waals surface area (Å²) >= 11 is 5.95. The molecule has 128 valence electrons. The van der Waals surface area contributed by atoms with Gasteiger partial charge < -0.3 is 14.8 Å². The number of aromatic nitrogens is 1. The fraction of sp³-hybridized carbons (Fsp3) is 0.200. The maximum atomic E-state index is 12.1. The molecule has 1 heterocycles. The van der Waals surface area contributed by atoms with Crippen molar-refractivity contribution in [2.75, 3.05) is 19.0 Å². The molecule has 0 spiro atoms. The summed E-state index contributed by atoms with van der Waals surface area (Å²) in [4.78, 5) is 15.7. The van der Waals surface area contributed by atoms with E-state index in [0.29, 0.717) is 16.5 Å². The number of pyridine rings is 1. The Labute approximate surface area is 140 Å². The Bertz CT molecular complexity index is 721. The lowest BCUT2D eigenvalue weighted by atomic mass is 10.2. The summed E-state index contributed by atoms with van der Waals surface area (Å²) in [6.45, 7) is -1.45. The summed E-state index contributed by atoms with van der Waals surface area (Å²) in [6.07, 6.45) is -3.34. The van der Waals surface area contributed by atoms with Crippen LogP contribution in [0, 0.1) is 0 Å². The highest BCUT2D eigenvalue weighted by Crippen LogP contribution is 2.27. The van der Waals surface area contributed by atoms with Crippen molar-refractivity contribution >= 4 is 23.2 Å². The number of amides is 1. The Morgan fingerprint density at radius 2 is 2.04 bits per heavy atom. The minimum absolute atomic E-state index is 0.154. The van der Waals surface area contributed by atoms with Gasteiger partial charge in [0.05, 0.1) is 17.7 Å². The zero-order chi connectivity index (χ0) is 17.7. The van der Waals surface area contributed by atoms with Gasteiger partial charge in [0.1, 0.15) is 5.75 Å². The third-order valence-corrected chi connectivity index (χ3v) is 3.09.